The van der Waals surface area contributed by atoms with E-state index in [2.05, 4.69) is 10.3 Å². The third kappa shape index (κ3) is 3.91. The number of halogens is 1. The summed E-state index contributed by atoms with van der Waals surface area (Å²) in [5.41, 5.74) is -1.20. The van der Waals surface area contributed by atoms with E-state index in [0.717, 1.165) is 0 Å². The SMILES string of the molecule is CCC(CC)(CO)NC(=O)c1c(O)c2cccnc2n(Cc2ccc(F)cc2)c1=O. The standard InChI is InChI=1S/C22H24FN3O4/c1-3-22(4-2,13-27)25-20(29)17-18(28)16-6-5-11-24-19(16)26(21(17)30)12-14-7-9-15(23)10-8-14/h5-11,27-28H,3-4,12-13H2,1-2H3,(H,25,29). The highest BCUT2D eigenvalue weighted by Gasteiger charge is 2.31. The molecule has 0 radical (unpaired) electrons. The summed E-state index contributed by atoms with van der Waals surface area (Å²) in [5, 5.41) is 23.4. The number of hydrogen-bond donors (Lipinski definition) is 3. The summed E-state index contributed by atoms with van der Waals surface area (Å²) in [6.45, 7) is 3.37. The fraction of sp³-hybridized carbons (Fsp3) is 0.318. The first-order chi connectivity index (χ1) is 14.4. The highest BCUT2D eigenvalue weighted by Crippen LogP contribution is 2.26. The lowest BCUT2D eigenvalue weighted by Gasteiger charge is -2.30. The van der Waals surface area contributed by atoms with Crippen molar-refractivity contribution in [1.29, 1.82) is 0 Å². The minimum atomic E-state index is -0.901. The van der Waals surface area contributed by atoms with Crippen molar-refractivity contribution in [2.75, 3.05) is 6.61 Å². The van der Waals surface area contributed by atoms with Gasteiger partial charge in [0.1, 0.15) is 22.8 Å². The maximum absolute atomic E-state index is 13.3. The van der Waals surface area contributed by atoms with Crippen LogP contribution in [0.2, 0.25) is 0 Å². The number of pyridine rings is 2. The van der Waals surface area contributed by atoms with E-state index in [1.165, 1.54) is 35.0 Å². The Bertz CT molecular complexity index is 1110. The summed E-state index contributed by atoms with van der Waals surface area (Å²) >= 11 is 0. The lowest BCUT2D eigenvalue weighted by molar-refractivity contribution is 0.0813. The summed E-state index contributed by atoms with van der Waals surface area (Å²) in [5.74, 6) is -1.64. The number of nitrogens with zero attached hydrogens (tertiary/aromatic N) is 2. The van der Waals surface area contributed by atoms with Crippen LogP contribution in [-0.4, -0.2) is 37.8 Å². The van der Waals surface area contributed by atoms with Crippen LogP contribution in [0.1, 0.15) is 42.6 Å². The van der Waals surface area contributed by atoms with Gasteiger partial charge in [-0.05, 0) is 42.7 Å². The molecule has 30 heavy (non-hydrogen) atoms. The van der Waals surface area contributed by atoms with Gasteiger partial charge in [-0.1, -0.05) is 26.0 Å². The van der Waals surface area contributed by atoms with Gasteiger partial charge in [-0.25, -0.2) is 9.37 Å². The van der Waals surface area contributed by atoms with Crippen LogP contribution in [0.5, 0.6) is 5.75 Å². The van der Waals surface area contributed by atoms with Crippen molar-refractivity contribution in [3.8, 4) is 5.75 Å². The number of carbonyl (C=O) groups excluding carboxylic acids is 1. The first-order valence-electron chi connectivity index (χ1n) is 9.74. The zero-order valence-corrected chi connectivity index (χ0v) is 16.9. The fourth-order valence-electron chi connectivity index (χ4n) is 3.38. The summed E-state index contributed by atoms with van der Waals surface area (Å²) in [7, 11) is 0. The number of nitrogens with one attached hydrogen (secondary N) is 1. The third-order valence-corrected chi connectivity index (χ3v) is 5.51. The monoisotopic (exact) mass is 413 g/mol. The van der Waals surface area contributed by atoms with Crippen molar-refractivity contribution in [3.63, 3.8) is 0 Å². The molecule has 3 aromatic rings. The molecule has 0 saturated heterocycles. The number of amides is 1. The lowest BCUT2D eigenvalue weighted by atomic mass is 9.93. The van der Waals surface area contributed by atoms with Gasteiger partial charge in [0.15, 0.2) is 0 Å². The van der Waals surface area contributed by atoms with Crippen molar-refractivity contribution in [3.05, 3.63) is 69.9 Å². The Morgan fingerprint density at radius 1 is 1.20 bits per heavy atom. The van der Waals surface area contributed by atoms with Gasteiger partial charge in [-0.15, -0.1) is 0 Å². The van der Waals surface area contributed by atoms with E-state index < -0.39 is 34.1 Å². The van der Waals surface area contributed by atoms with Crippen molar-refractivity contribution < 1.29 is 19.4 Å². The summed E-state index contributed by atoms with van der Waals surface area (Å²) in [4.78, 5) is 30.4. The van der Waals surface area contributed by atoms with Gasteiger partial charge < -0.3 is 15.5 Å². The molecule has 7 nitrogen and oxygen atoms in total. The average Bonchev–Trinajstić information content (AvgIpc) is 2.76. The molecule has 158 valence electrons. The van der Waals surface area contributed by atoms with Crippen molar-refractivity contribution in [2.24, 2.45) is 0 Å². The number of aromatic hydroxyl groups is 1. The van der Waals surface area contributed by atoms with E-state index in [1.54, 1.807) is 12.1 Å². The third-order valence-electron chi connectivity index (χ3n) is 5.51. The van der Waals surface area contributed by atoms with E-state index >= 15 is 0 Å². The van der Waals surface area contributed by atoms with Gasteiger partial charge in [0.2, 0.25) is 0 Å². The molecule has 3 rings (SSSR count). The molecule has 0 unspecified atom stereocenters. The summed E-state index contributed by atoms with van der Waals surface area (Å²) in [6, 6.07) is 8.78. The predicted octanol–water partition coefficient (Wildman–Crippen LogP) is 2.57. The Kier molecular flexibility index (Phi) is 6.17. The molecule has 0 spiro atoms. The van der Waals surface area contributed by atoms with E-state index in [9.17, 15) is 24.2 Å². The lowest BCUT2D eigenvalue weighted by Crippen LogP contribution is -2.51. The second-order valence-electron chi connectivity index (χ2n) is 7.22. The smallest absolute Gasteiger partial charge is 0.269 e. The minimum Gasteiger partial charge on any atom is -0.506 e. The number of benzene rings is 1. The largest absolute Gasteiger partial charge is 0.506 e. The van der Waals surface area contributed by atoms with Crippen molar-refractivity contribution in [2.45, 2.75) is 38.8 Å². The number of hydrogen-bond acceptors (Lipinski definition) is 5. The molecule has 0 bridgehead atoms. The molecule has 0 saturated carbocycles. The first kappa shape index (κ1) is 21.4. The van der Waals surface area contributed by atoms with E-state index in [4.69, 9.17) is 0 Å². The molecule has 1 amide bonds. The average molecular weight is 413 g/mol. The first-order valence-corrected chi connectivity index (χ1v) is 9.74. The van der Waals surface area contributed by atoms with Crippen LogP contribution in [0.3, 0.4) is 0 Å². The number of aromatic nitrogens is 2. The van der Waals surface area contributed by atoms with Crippen LogP contribution < -0.4 is 10.9 Å². The van der Waals surface area contributed by atoms with Crippen LogP contribution in [0, 0.1) is 5.82 Å². The zero-order valence-electron chi connectivity index (χ0n) is 16.9. The van der Waals surface area contributed by atoms with Crippen LogP contribution >= 0.6 is 0 Å². The van der Waals surface area contributed by atoms with E-state index in [1.807, 2.05) is 13.8 Å². The molecule has 2 aromatic heterocycles. The number of aliphatic hydroxyl groups excluding tert-OH is 1. The number of carbonyl (C=O) groups is 1. The van der Waals surface area contributed by atoms with Crippen LogP contribution in [-0.2, 0) is 6.54 Å². The second kappa shape index (κ2) is 8.62. The quantitative estimate of drug-likeness (QED) is 0.552. The molecule has 0 fully saturated rings. The molecular weight excluding hydrogens is 389 g/mol. The summed E-state index contributed by atoms with van der Waals surface area (Å²) in [6.07, 6.45) is 2.38. The Morgan fingerprint density at radius 2 is 1.87 bits per heavy atom. The maximum Gasteiger partial charge on any atom is 0.269 e. The number of fused-ring (bicyclic) bond motifs is 1. The van der Waals surface area contributed by atoms with E-state index in [0.29, 0.717) is 18.4 Å². The van der Waals surface area contributed by atoms with Crippen LogP contribution in [0.15, 0.2) is 47.4 Å². The maximum atomic E-state index is 13.3. The number of aliphatic hydroxyl groups is 1. The predicted molar refractivity (Wildman–Crippen MR) is 111 cm³/mol. The van der Waals surface area contributed by atoms with Gasteiger partial charge in [0, 0.05) is 6.20 Å². The molecule has 0 atom stereocenters. The molecule has 0 aliphatic heterocycles. The summed E-state index contributed by atoms with van der Waals surface area (Å²) < 4.78 is 14.5. The van der Waals surface area contributed by atoms with Crippen LogP contribution in [0.25, 0.3) is 11.0 Å². The minimum absolute atomic E-state index is 0.0416. The van der Waals surface area contributed by atoms with Gasteiger partial charge >= 0.3 is 0 Å². The van der Waals surface area contributed by atoms with Gasteiger partial charge in [0.25, 0.3) is 11.5 Å². The second-order valence-corrected chi connectivity index (χ2v) is 7.22. The highest BCUT2D eigenvalue weighted by atomic mass is 19.1. The molecular formula is C22H24FN3O4. The van der Waals surface area contributed by atoms with Gasteiger partial charge in [-0.2, -0.15) is 0 Å². The molecule has 8 heteroatoms. The normalized spacial score (nSPS) is 11.6. The highest BCUT2D eigenvalue weighted by molar-refractivity contribution is 6.02. The topological polar surface area (TPSA) is 104 Å². The van der Waals surface area contributed by atoms with Crippen molar-refractivity contribution in [1.82, 2.24) is 14.9 Å². The van der Waals surface area contributed by atoms with Gasteiger partial charge in [-0.3, -0.25) is 14.2 Å². The molecule has 2 heterocycles. The molecule has 0 aliphatic rings. The Labute approximate surface area is 172 Å². The number of rotatable bonds is 7. The zero-order chi connectivity index (χ0) is 21.9. The molecule has 1 aromatic carbocycles. The Balaban J connectivity index is 2.17. The fourth-order valence-corrected chi connectivity index (χ4v) is 3.38. The Hall–Kier alpha value is -3.26. The molecule has 0 aliphatic carbocycles. The van der Waals surface area contributed by atoms with Gasteiger partial charge in [0.05, 0.1) is 24.1 Å². The van der Waals surface area contributed by atoms with Crippen LogP contribution in [0.4, 0.5) is 4.39 Å². The molecule has 3 N–H and O–H groups in total. The Morgan fingerprint density at radius 3 is 2.47 bits per heavy atom. The van der Waals surface area contributed by atoms with E-state index in [-0.39, 0.29) is 24.2 Å². The van der Waals surface area contributed by atoms with Crippen molar-refractivity contribution >= 4 is 16.9 Å².